The lowest BCUT2D eigenvalue weighted by molar-refractivity contribution is -0.140. The van der Waals surface area contributed by atoms with Crippen molar-refractivity contribution in [2.45, 2.75) is 38.5 Å². The van der Waals surface area contributed by atoms with Gasteiger partial charge in [-0.25, -0.2) is 13.8 Å². The predicted molar refractivity (Wildman–Crippen MR) is 128 cm³/mol. The molecule has 0 saturated carbocycles. The van der Waals surface area contributed by atoms with Crippen molar-refractivity contribution in [3.63, 3.8) is 0 Å². The van der Waals surface area contributed by atoms with E-state index >= 15 is 0 Å². The number of aromatic nitrogens is 2. The molecule has 0 bridgehead atoms. The molecule has 0 saturated heterocycles. The van der Waals surface area contributed by atoms with Gasteiger partial charge in [0.1, 0.15) is 18.2 Å². The van der Waals surface area contributed by atoms with Gasteiger partial charge in [0.15, 0.2) is 11.6 Å². The van der Waals surface area contributed by atoms with Crippen LogP contribution in [0.4, 0.5) is 14.5 Å². The van der Waals surface area contributed by atoms with Crippen molar-refractivity contribution in [3.05, 3.63) is 82.7 Å². The predicted octanol–water partition coefficient (Wildman–Crippen LogP) is 5.46. The van der Waals surface area contributed by atoms with Gasteiger partial charge in [-0.3, -0.25) is 9.36 Å². The highest BCUT2D eigenvalue weighted by Gasteiger charge is 2.30. The maximum absolute atomic E-state index is 14.1. The number of hydrogen-bond acceptors (Lipinski definition) is 5. The van der Waals surface area contributed by atoms with Gasteiger partial charge in [0.2, 0.25) is 0 Å². The van der Waals surface area contributed by atoms with Crippen LogP contribution < -0.4 is 10.1 Å². The third-order valence-electron chi connectivity index (χ3n) is 6.75. The fourth-order valence-corrected chi connectivity index (χ4v) is 5.10. The minimum absolute atomic E-state index is 0.0639. The zero-order valence-electron chi connectivity index (χ0n) is 19.4. The average molecular weight is 491 g/mol. The summed E-state index contributed by atoms with van der Waals surface area (Å²) in [5.41, 5.74) is 5.27. The van der Waals surface area contributed by atoms with E-state index in [0.717, 1.165) is 34.1 Å². The number of anilines is 1. The van der Waals surface area contributed by atoms with Gasteiger partial charge >= 0.3 is 5.97 Å². The molecule has 3 aromatic carbocycles. The Morgan fingerprint density at radius 3 is 2.81 bits per heavy atom. The molecule has 0 fully saturated rings. The molecule has 9 heteroatoms. The number of hydrogen-bond donors (Lipinski definition) is 2. The molecule has 0 radical (unpaired) electrons. The molecule has 0 aliphatic carbocycles. The number of benzene rings is 3. The number of carboxylic acids is 1. The summed E-state index contributed by atoms with van der Waals surface area (Å²) in [5, 5.41) is 12.6. The van der Waals surface area contributed by atoms with Crippen LogP contribution >= 0.6 is 0 Å². The fraction of sp³-hybridized carbons (Fsp3) is 0.259. The molecule has 0 unspecified atom stereocenters. The Morgan fingerprint density at radius 2 is 2.00 bits per heavy atom. The zero-order chi connectivity index (χ0) is 25.0. The Balaban J connectivity index is 1.33. The summed E-state index contributed by atoms with van der Waals surface area (Å²) >= 11 is 0. The second-order valence-corrected chi connectivity index (χ2v) is 8.99. The second-order valence-electron chi connectivity index (χ2n) is 8.99. The van der Waals surface area contributed by atoms with Gasteiger partial charge < -0.3 is 19.9 Å². The zero-order valence-corrected chi connectivity index (χ0v) is 19.4. The fourth-order valence-electron chi connectivity index (χ4n) is 5.10. The van der Waals surface area contributed by atoms with Crippen molar-refractivity contribution < 1.29 is 28.2 Å². The SMILES string of the molecule is CCc1nc2cc(F)c(F)cc2n1-c1cccc2c1OC[C@H]2Nc1ccc2c(c1)CO[C@H]2CC(=O)O. The smallest absolute Gasteiger partial charge is 0.306 e. The molecule has 1 aromatic heterocycles. The Hall–Kier alpha value is -3.98. The van der Waals surface area contributed by atoms with Crippen LogP contribution in [0.15, 0.2) is 48.5 Å². The molecular weight excluding hydrogens is 468 g/mol. The monoisotopic (exact) mass is 491 g/mol. The van der Waals surface area contributed by atoms with Crippen LogP contribution in [-0.4, -0.2) is 27.2 Å². The minimum atomic E-state index is -0.928. The van der Waals surface area contributed by atoms with E-state index < -0.39 is 23.7 Å². The highest BCUT2D eigenvalue weighted by molar-refractivity contribution is 5.80. The largest absolute Gasteiger partial charge is 0.489 e. The lowest BCUT2D eigenvalue weighted by atomic mass is 10.0. The van der Waals surface area contributed by atoms with Gasteiger partial charge in [0.05, 0.1) is 41.9 Å². The number of aryl methyl sites for hydroxylation is 1. The quantitative estimate of drug-likeness (QED) is 0.373. The van der Waals surface area contributed by atoms with E-state index in [4.69, 9.17) is 14.6 Å². The summed E-state index contributed by atoms with van der Waals surface area (Å²) in [7, 11) is 0. The van der Waals surface area contributed by atoms with Crippen LogP contribution in [0.1, 0.15) is 48.0 Å². The summed E-state index contributed by atoms with van der Waals surface area (Å²) in [6.07, 6.45) is 0.0790. The van der Waals surface area contributed by atoms with E-state index in [1.54, 1.807) is 0 Å². The number of nitrogens with one attached hydrogen (secondary N) is 1. The van der Waals surface area contributed by atoms with Crippen LogP contribution in [0, 0.1) is 11.6 Å². The highest BCUT2D eigenvalue weighted by Crippen LogP contribution is 2.42. The van der Waals surface area contributed by atoms with Crippen LogP contribution in [0.25, 0.3) is 16.7 Å². The summed E-state index contributed by atoms with van der Waals surface area (Å²) < 4.78 is 41.6. The van der Waals surface area contributed by atoms with Crippen LogP contribution in [0.2, 0.25) is 0 Å². The van der Waals surface area contributed by atoms with Gasteiger partial charge in [0.25, 0.3) is 0 Å². The number of carbonyl (C=O) groups is 1. The van der Waals surface area contributed by atoms with Gasteiger partial charge in [-0.05, 0) is 29.3 Å². The maximum atomic E-state index is 14.1. The standard InChI is InChI=1S/C27H23F2N3O4/c1-2-25-31-20-9-18(28)19(29)10-23(20)32(25)22-5-3-4-17-21(13-36-27(17)22)30-15-6-7-16-14(8-15)12-35-24(16)11-26(33)34/h3-10,21,24,30H,2,11-13H2,1H3,(H,33,34)/t21-,24+/m1/s1. The van der Waals surface area contributed by atoms with Gasteiger partial charge in [-0.15, -0.1) is 0 Å². The lowest BCUT2D eigenvalue weighted by Crippen LogP contribution is -2.12. The van der Waals surface area contributed by atoms with E-state index in [9.17, 15) is 13.6 Å². The molecule has 2 aliphatic heterocycles. The topological polar surface area (TPSA) is 85.6 Å². The van der Waals surface area contributed by atoms with E-state index in [1.807, 2.05) is 47.9 Å². The van der Waals surface area contributed by atoms with Crippen molar-refractivity contribution in [2.75, 3.05) is 11.9 Å². The molecule has 0 spiro atoms. The molecule has 3 heterocycles. The number of nitrogens with zero attached hydrogens (tertiary/aromatic N) is 2. The first-order valence-electron chi connectivity index (χ1n) is 11.8. The van der Waals surface area contributed by atoms with Crippen molar-refractivity contribution in [1.29, 1.82) is 0 Å². The molecule has 0 amide bonds. The molecule has 2 N–H and O–H groups in total. The number of imidazole rings is 1. The summed E-state index contributed by atoms with van der Waals surface area (Å²) in [6.45, 7) is 2.70. The van der Waals surface area contributed by atoms with E-state index in [2.05, 4.69) is 10.3 Å². The molecule has 6 rings (SSSR count). The number of fused-ring (bicyclic) bond motifs is 3. The first-order valence-corrected chi connectivity index (χ1v) is 11.8. The molecule has 2 atom stereocenters. The van der Waals surface area contributed by atoms with Gasteiger partial charge in [0, 0.05) is 29.8 Å². The second kappa shape index (κ2) is 8.60. The van der Waals surface area contributed by atoms with Crippen molar-refractivity contribution in [2.24, 2.45) is 0 Å². The number of rotatable bonds is 6. The number of carboxylic acid groups (broad SMARTS) is 1. The molecule has 184 valence electrons. The Kier molecular flexibility index (Phi) is 5.37. The van der Waals surface area contributed by atoms with Gasteiger partial charge in [-0.1, -0.05) is 25.1 Å². The van der Waals surface area contributed by atoms with E-state index in [0.29, 0.717) is 42.2 Å². The highest BCUT2D eigenvalue weighted by atomic mass is 19.2. The number of halogens is 2. The normalized spacial score (nSPS) is 18.2. The summed E-state index contributed by atoms with van der Waals surface area (Å²) in [4.78, 5) is 15.6. The van der Waals surface area contributed by atoms with Crippen LogP contribution in [0.5, 0.6) is 5.75 Å². The number of ether oxygens (including phenoxy) is 2. The Bertz CT molecular complexity index is 1520. The van der Waals surface area contributed by atoms with Gasteiger partial charge in [-0.2, -0.15) is 0 Å². The van der Waals surface area contributed by atoms with Crippen molar-refractivity contribution in [3.8, 4) is 11.4 Å². The lowest BCUT2D eigenvalue weighted by Gasteiger charge is -2.15. The summed E-state index contributed by atoms with van der Waals surface area (Å²) in [5.74, 6) is -1.40. The molecule has 2 aliphatic rings. The molecule has 7 nitrogen and oxygen atoms in total. The molecular formula is C27H23F2N3O4. The van der Waals surface area contributed by atoms with E-state index in [-0.39, 0.29) is 12.5 Å². The minimum Gasteiger partial charge on any atom is -0.489 e. The molecule has 36 heavy (non-hydrogen) atoms. The third-order valence-corrected chi connectivity index (χ3v) is 6.75. The third kappa shape index (κ3) is 3.67. The summed E-state index contributed by atoms with van der Waals surface area (Å²) in [6, 6.07) is 13.7. The van der Waals surface area contributed by atoms with Crippen LogP contribution in [-0.2, 0) is 22.6 Å². The Morgan fingerprint density at radius 1 is 1.17 bits per heavy atom. The van der Waals surface area contributed by atoms with Crippen LogP contribution in [0.3, 0.4) is 0 Å². The van der Waals surface area contributed by atoms with Crippen molar-refractivity contribution >= 4 is 22.7 Å². The number of para-hydroxylation sites is 1. The van der Waals surface area contributed by atoms with Crippen molar-refractivity contribution in [1.82, 2.24) is 9.55 Å². The first kappa shape index (κ1) is 22.5. The van der Waals surface area contributed by atoms with E-state index in [1.165, 1.54) is 6.07 Å². The molecule has 4 aromatic rings. The number of aliphatic carboxylic acids is 1. The average Bonchev–Trinajstić information content (AvgIpc) is 3.55. The maximum Gasteiger partial charge on any atom is 0.306 e. The first-order chi connectivity index (χ1) is 17.4. The Labute approximate surface area is 205 Å².